The molecule has 0 bridgehead atoms. The zero-order chi connectivity index (χ0) is 11.4. The van der Waals surface area contributed by atoms with Crippen molar-refractivity contribution in [2.75, 3.05) is 0 Å². The van der Waals surface area contributed by atoms with Gasteiger partial charge in [0.1, 0.15) is 6.07 Å². The van der Waals surface area contributed by atoms with Crippen molar-refractivity contribution in [3.63, 3.8) is 0 Å². The first-order valence-corrected chi connectivity index (χ1v) is 6.05. The molecular formula is C11H6BrN3S. The predicted molar refractivity (Wildman–Crippen MR) is 65.0 cm³/mol. The van der Waals surface area contributed by atoms with Crippen molar-refractivity contribution in [2.45, 2.75) is 10.1 Å². The van der Waals surface area contributed by atoms with Crippen LogP contribution < -0.4 is 0 Å². The Hall–Kier alpha value is -1.38. The van der Waals surface area contributed by atoms with Gasteiger partial charge in [-0.2, -0.15) is 5.26 Å². The number of hydrogen-bond acceptors (Lipinski definition) is 4. The van der Waals surface area contributed by atoms with E-state index in [2.05, 4.69) is 32.0 Å². The maximum absolute atomic E-state index is 9.00. The van der Waals surface area contributed by atoms with Gasteiger partial charge in [0.15, 0.2) is 5.16 Å². The molecule has 0 amide bonds. The smallest absolute Gasteiger partial charge is 0.192 e. The molecular weight excluding hydrogens is 286 g/mol. The summed E-state index contributed by atoms with van der Waals surface area (Å²) in [6, 6.07) is 9.47. The van der Waals surface area contributed by atoms with Gasteiger partial charge in [0.25, 0.3) is 0 Å². The summed E-state index contributed by atoms with van der Waals surface area (Å²) in [5.74, 6) is 0. The van der Waals surface area contributed by atoms with Crippen LogP contribution in [-0.4, -0.2) is 9.97 Å². The predicted octanol–water partition coefficient (Wildman–Crippen LogP) is 3.26. The van der Waals surface area contributed by atoms with Gasteiger partial charge in [-0.25, -0.2) is 9.97 Å². The van der Waals surface area contributed by atoms with E-state index in [0.29, 0.717) is 10.7 Å². The van der Waals surface area contributed by atoms with Crippen LogP contribution in [0.1, 0.15) is 5.56 Å². The highest BCUT2D eigenvalue weighted by Gasteiger charge is 2.06. The van der Waals surface area contributed by atoms with Crippen LogP contribution in [0, 0.1) is 11.3 Å². The summed E-state index contributed by atoms with van der Waals surface area (Å²) < 4.78 is 0.891. The molecule has 1 aromatic heterocycles. The van der Waals surface area contributed by atoms with Gasteiger partial charge in [-0.15, -0.1) is 0 Å². The number of hydrogen-bond donors (Lipinski definition) is 0. The second-order valence-electron chi connectivity index (χ2n) is 2.89. The van der Waals surface area contributed by atoms with Crippen LogP contribution in [0.4, 0.5) is 0 Å². The lowest BCUT2D eigenvalue weighted by molar-refractivity contribution is 0.966. The fourth-order valence-electron chi connectivity index (χ4n) is 1.12. The lowest BCUT2D eigenvalue weighted by Gasteiger charge is -2.02. The Bertz CT molecular complexity index is 537. The Labute approximate surface area is 106 Å². The van der Waals surface area contributed by atoms with E-state index in [9.17, 15) is 0 Å². The monoisotopic (exact) mass is 291 g/mol. The Morgan fingerprint density at radius 3 is 2.69 bits per heavy atom. The Morgan fingerprint density at radius 2 is 2.00 bits per heavy atom. The van der Waals surface area contributed by atoms with E-state index < -0.39 is 0 Å². The average molecular weight is 292 g/mol. The van der Waals surface area contributed by atoms with Crippen molar-refractivity contribution >= 4 is 27.7 Å². The maximum atomic E-state index is 9.00. The third-order valence-corrected chi connectivity index (χ3v) is 3.27. The summed E-state index contributed by atoms with van der Waals surface area (Å²) in [4.78, 5) is 9.06. The molecule has 78 valence electrons. The summed E-state index contributed by atoms with van der Waals surface area (Å²) in [5, 5.41) is 9.64. The lowest BCUT2D eigenvalue weighted by Crippen LogP contribution is -1.86. The number of nitriles is 1. The lowest BCUT2D eigenvalue weighted by atomic mass is 10.2. The summed E-state index contributed by atoms with van der Waals surface area (Å²) >= 11 is 4.71. The van der Waals surface area contributed by atoms with Gasteiger partial charge < -0.3 is 0 Å². The van der Waals surface area contributed by atoms with Crippen LogP contribution in [0.5, 0.6) is 0 Å². The van der Waals surface area contributed by atoms with Crippen molar-refractivity contribution in [3.8, 4) is 6.07 Å². The molecule has 0 N–H and O–H groups in total. The molecule has 0 saturated carbocycles. The van der Waals surface area contributed by atoms with Crippen LogP contribution in [0.15, 0.2) is 51.2 Å². The zero-order valence-electron chi connectivity index (χ0n) is 8.09. The van der Waals surface area contributed by atoms with Crippen molar-refractivity contribution in [3.05, 3.63) is 46.7 Å². The zero-order valence-corrected chi connectivity index (χ0v) is 10.5. The summed E-state index contributed by atoms with van der Waals surface area (Å²) in [6.45, 7) is 0. The van der Waals surface area contributed by atoms with Crippen molar-refractivity contribution in [1.29, 1.82) is 5.26 Å². The quantitative estimate of drug-likeness (QED) is 0.797. The molecule has 0 radical (unpaired) electrons. The van der Waals surface area contributed by atoms with E-state index >= 15 is 0 Å². The van der Waals surface area contributed by atoms with Gasteiger partial charge in [0, 0.05) is 21.8 Å². The number of benzene rings is 1. The molecule has 16 heavy (non-hydrogen) atoms. The number of halogens is 1. The summed E-state index contributed by atoms with van der Waals surface area (Å²) in [6.07, 6.45) is 3.36. The van der Waals surface area contributed by atoms with Gasteiger partial charge >= 0.3 is 0 Å². The van der Waals surface area contributed by atoms with Crippen molar-refractivity contribution < 1.29 is 0 Å². The highest BCUT2D eigenvalue weighted by atomic mass is 79.9. The standard InChI is InChI=1S/C11H6BrN3S/c12-9-2-3-10(8(6-9)7-13)16-11-14-4-1-5-15-11/h1-6H. The van der Waals surface area contributed by atoms with Crippen LogP contribution in [-0.2, 0) is 0 Å². The Balaban J connectivity index is 2.32. The van der Waals surface area contributed by atoms with Crippen LogP contribution in [0.2, 0.25) is 0 Å². The van der Waals surface area contributed by atoms with Crippen molar-refractivity contribution in [2.24, 2.45) is 0 Å². The van der Waals surface area contributed by atoms with E-state index in [1.807, 2.05) is 12.1 Å². The van der Waals surface area contributed by atoms with Crippen molar-refractivity contribution in [1.82, 2.24) is 9.97 Å². The minimum Gasteiger partial charge on any atom is -0.231 e. The fraction of sp³-hybridized carbons (Fsp3) is 0. The number of rotatable bonds is 2. The van der Waals surface area contributed by atoms with E-state index in [1.165, 1.54) is 11.8 Å². The number of aromatic nitrogens is 2. The van der Waals surface area contributed by atoms with Crippen LogP contribution >= 0.6 is 27.7 Å². The molecule has 0 aliphatic rings. The van der Waals surface area contributed by atoms with E-state index in [1.54, 1.807) is 24.5 Å². The maximum Gasteiger partial charge on any atom is 0.192 e. The third kappa shape index (κ3) is 2.60. The van der Waals surface area contributed by atoms with Crippen LogP contribution in [0.25, 0.3) is 0 Å². The van der Waals surface area contributed by atoms with Crippen LogP contribution in [0.3, 0.4) is 0 Å². The molecule has 0 spiro atoms. The van der Waals surface area contributed by atoms with E-state index in [0.717, 1.165) is 9.37 Å². The first-order chi connectivity index (χ1) is 7.79. The second kappa shape index (κ2) is 5.10. The molecule has 0 unspecified atom stereocenters. The van der Waals surface area contributed by atoms with E-state index in [4.69, 9.17) is 5.26 Å². The molecule has 2 aromatic rings. The molecule has 3 nitrogen and oxygen atoms in total. The van der Waals surface area contributed by atoms with Gasteiger partial charge in [0.05, 0.1) is 5.56 Å². The molecule has 2 rings (SSSR count). The first kappa shape index (κ1) is 11.1. The largest absolute Gasteiger partial charge is 0.231 e. The molecule has 0 saturated heterocycles. The van der Waals surface area contributed by atoms with Gasteiger partial charge in [-0.05, 0) is 36.0 Å². The van der Waals surface area contributed by atoms with Gasteiger partial charge in [-0.3, -0.25) is 0 Å². The third-order valence-electron chi connectivity index (χ3n) is 1.81. The topological polar surface area (TPSA) is 49.6 Å². The second-order valence-corrected chi connectivity index (χ2v) is 4.81. The summed E-state index contributed by atoms with van der Waals surface area (Å²) in [7, 11) is 0. The fourth-order valence-corrected chi connectivity index (χ4v) is 2.25. The molecule has 1 aromatic carbocycles. The normalized spacial score (nSPS) is 9.75. The molecule has 0 aliphatic heterocycles. The molecule has 1 heterocycles. The highest BCUT2D eigenvalue weighted by molar-refractivity contribution is 9.10. The Kier molecular flexibility index (Phi) is 3.54. The van der Waals surface area contributed by atoms with Gasteiger partial charge in [-0.1, -0.05) is 15.9 Å². The number of nitrogens with zero attached hydrogens (tertiary/aromatic N) is 3. The summed E-state index contributed by atoms with van der Waals surface area (Å²) in [5.41, 5.74) is 0.617. The first-order valence-electron chi connectivity index (χ1n) is 4.44. The Morgan fingerprint density at radius 1 is 1.25 bits per heavy atom. The van der Waals surface area contributed by atoms with E-state index in [-0.39, 0.29) is 0 Å². The highest BCUT2D eigenvalue weighted by Crippen LogP contribution is 2.29. The SMILES string of the molecule is N#Cc1cc(Br)ccc1Sc1ncccn1. The van der Waals surface area contributed by atoms with Gasteiger partial charge in [0.2, 0.25) is 0 Å². The minimum absolute atomic E-state index is 0.617. The molecule has 0 aliphatic carbocycles. The molecule has 5 heteroatoms. The average Bonchev–Trinajstić information content (AvgIpc) is 2.33. The minimum atomic E-state index is 0.617. The molecule has 0 fully saturated rings. The molecule has 0 atom stereocenters.